The van der Waals surface area contributed by atoms with E-state index in [1.807, 2.05) is 29.2 Å². The molecule has 0 atom stereocenters. The monoisotopic (exact) mass is 399 g/mol. The van der Waals surface area contributed by atoms with E-state index in [-0.39, 0.29) is 4.90 Å². The molecule has 0 unspecified atom stereocenters. The number of anilines is 1. The summed E-state index contributed by atoms with van der Waals surface area (Å²) < 4.78 is 40.1. The van der Waals surface area contributed by atoms with Gasteiger partial charge in [0, 0.05) is 44.1 Å². The standard InChI is InChI=1S/C19H18FN5O2S/c20-16-4-1-5-17(13-16)28(26,27)25-11-9-24(10-12-25)19-7-6-18(22-23-19)15-3-2-8-21-14-15/h1-8,13-14H,9-12H2. The molecule has 0 amide bonds. The number of rotatable bonds is 4. The maximum absolute atomic E-state index is 13.4. The molecule has 3 heterocycles. The first-order chi connectivity index (χ1) is 13.5. The fraction of sp³-hybridized carbons (Fsp3) is 0.211. The Kier molecular flexibility index (Phi) is 5.01. The van der Waals surface area contributed by atoms with Crippen LogP contribution >= 0.6 is 0 Å². The van der Waals surface area contributed by atoms with E-state index in [1.54, 1.807) is 12.4 Å². The SMILES string of the molecule is O=S(=O)(c1cccc(F)c1)N1CCN(c2ccc(-c3cccnc3)nn2)CC1. The third-order valence-electron chi connectivity index (χ3n) is 4.60. The zero-order chi connectivity index (χ0) is 19.6. The van der Waals surface area contributed by atoms with Crippen LogP contribution in [0.4, 0.5) is 10.2 Å². The second-order valence-corrected chi connectivity index (χ2v) is 8.30. The van der Waals surface area contributed by atoms with Gasteiger partial charge in [0.05, 0.1) is 10.6 Å². The highest BCUT2D eigenvalue weighted by molar-refractivity contribution is 7.89. The number of hydrogen-bond donors (Lipinski definition) is 0. The molecule has 1 saturated heterocycles. The fourth-order valence-corrected chi connectivity index (χ4v) is 4.55. The van der Waals surface area contributed by atoms with Gasteiger partial charge in [-0.15, -0.1) is 10.2 Å². The zero-order valence-corrected chi connectivity index (χ0v) is 15.8. The summed E-state index contributed by atoms with van der Waals surface area (Å²) in [5.41, 5.74) is 1.61. The molecule has 1 aromatic carbocycles. The topological polar surface area (TPSA) is 79.3 Å². The molecular weight excluding hydrogens is 381 g/mol. The Labute approximate surface area is 162 Å². The number of hydrogen-bond acceptors (Lipinski definition) is 6. The summed E-state index contributed by atoms with van der Waals surface area (Å²) in [5.74, 6) is 0.124. The third-order valence-corrected chi connectivity index (χ3v) is 6.50. The predicted octanol–water partition coefficient (Wildman–Crippen LogP) is 2.19. The summed E-state index contributed by atoms with van der Waals surface area (Å²) in [6.45, 7) is 1.56. The van der Waals surface area contributed by atoms with E-state index in [1.165, 1.54) is 22.5 Å². The van der Waals surface area contributed by atoms with E-state index < -0.39 is 15.8 Å². The normalized spacial score (nSPS) is 15.5. The van der Waals surface area contributed by atoms with Gasteiger partial charge >= 0.3 is 0 Å². The van der Waals surface area contributed by atoms with Crippen molar-refractivity contribution in [2.45, 2.75) is 4.90 Å². The molecular formula is C19H18FN5O2S. The van der Waals surface area contributed by atoms with E-state index in [0.717, 1.165) is 17.3 Å². The molecule has 4 rings (SSSR count). The Morgan fingerprint density at radius 3 is 2.39 bits per heavy atom. The number of pyridine rings is 1. The molecule has 0 radical (unpaired) electrons. The van der Waals surface area contributed by atoms with Crippen LogP contribution < -0.4 is 4.90 Å². The molecule has 7 nitrogen and oxygen atoms in total. The van der Waals surface area contributed by atoms with E-state index >= 15 is 0 Å². The number of benzene rings is 1. The molecule has 0 saturated carbocycles. The van der Waals surface area contributed by atoms with Gasteiger partial charge in [-0.25, -0.2) is 12.8 Å². The smallest absolute Gasteiger partial charge is 0.243 e. The molecule has 144 valence electrons. The molecule has 2 aromatic heterocycles. The van der Waals surface area contributed by atoms with Crippen LogP contribution in [0, 0.1) is 5.82 Å². The lowest BCUT2D eigenvalue weighted by atomic mass is 10.2. The first-order valence-electron chi connectivity index (χ1n) is 8.79. The van der Waals surface area contributed by atoms with Crippen LogP contribution in [0.5, 0.6) is 0 Å². The fourth-order valence-electron chi connectivity index (χ4n) is 3.10. The van der Waals surface area contributed by atoms with Gasteiger partial charge in [-0.2, -0.15) is 4.31 Å². The van der Waals surface area contributed by atoms with E-state index in [0.29, 0.717) is 32.0 Å². The predicted molar refractivity (Wildman–Crippen MR) is 103 cm³/mol. The number of sulfonamides is 1. The van der Waals surface area contributed by atoms with Gasteiger partial charge in [0.2, 0.25) is 10.0 Å². The van der Waals surface area contributed by atoms with Crippen molar-refractivity contribution in [1.29, 1.82) is 0 Å². The average molecular weight is 399 g/mol. The Balaban J connectivity index is 1.44. The summed E-state index contributed by atoms with van der Waals surface area (Å²) in [7, 11) is -3.71. The van der Waals surface area contributed by atoms with Crippen LogP contribution in [-0.4, -0.2) is 54.1 Å². The summed E-state index contributed by atoms with van der Waals surface area (Å²) in [4.78, 5) is 6.03. The van der Waals surface area contributed by atoms with E-state index in [9.17, 15) is 12.8 Å². The number of halogens is 1. The summed E-state index contributed by atoms with van der Waals surface area (Å²) in [5, 5.41) is 8.51. The molecule has 0 aliphatic carbocycles. The van der Waals surface area contributed by atoms with Crippen LogP contribution in [0.15, 0.2) is 65.8 Å². The molecule has 0 spiro atoms. The lowest BCUT2D eigenvalue weighted by Crippen LogP contribution is -2.49. The van der Waals surface area contributed by atoms with Crippen molar-refractivity contribution in [3.63, 3.8) is 0 Å². The van der Waals surface area contributed by atoms with Crippen molar-refractivity contribution < 1.29 is 12.8 Å². The Bertz CT molecular complexity index is 1050. The Morgan fingerprint density at radius 2 is 1.75 bits per heavy atom. The number of aromatic nitrogens is 3. The van der Waals surface area contributed by atoms with Crippen LogP contribution in [0.3, 0.4) is 0 Å². The van der Waals surface area contributed by atoms with E-state index in [4.69, 9.17) is 0 Å². The van der Waals surface area contributed by atoms with Crippen molar-refractivity contribution in [1.82, 2.24) is 19.5 Å². The molecule has 3 aromatic rings. The first-order valence-corrected chi connectivity index (χ1v) is 10.2. The van der Waals surface area contributed by atoms with Crippen molar-refractivity contribution in [2.75, 3.05) is 31.1 Å². The van der Waals surface area contributed by atoms with E-state index in [2.05, 4.69) is 15.2 Å². The average Bonchev–Trinajstić information content (AvgIpc) is 2.75. The largest absolute Gasteiger partial charge is 0.352 e. The van der Waals surface area contributed by atoms with Gasteiger partial charge < -0.3 is 4.90 Å². The van der Waals surface area contributed by atoms with Gasteiger partial charge in [0.25, 0.3) is 0 Å². The highest BCUT2D eigenvalue weighted by atomic mass is 32.2. The van der Waals surface area contributed by atoms with Crippen molar-refractivity contribution in [3.05, 3.63) is 66.7 Å². The van der Waals surface area contributed by atoms with Gasteiger partial charge in [-0.05, 0) is 42.5 Å². The van der Waals surface area contributed by atoms with Gasteiger partial charge in [-0.3, -0.25) is 4.98 Å². The third kappa shape index (κ3) is 3.71. The summed E-state index contributed by atoms with van der Waals surface area (Å²) >= 11 is 0. The molecule has 1 aliphatic rings. The molecule has 1 fully saturated rings. The van der Waals surface area contributed by atoms with Crippen molar-refractivity contribution in [3.8, 4) is 11.3 Å². The molecule has 28 heavy (non-hydrogen) atoms. The number of piperazine rings is 1. The minimum atomic E-state index is -3.71. The van der Waals surface area contributed by atoms with Crippen LogP contribution in [0.25, 0.3) is 11.3 Å². The zero-order valence-electron chi connectivity index (χ0n) is 14.9. The highest BCUT2D eigenvalue weighted by Crippen LogP contribution is 2.22. The van der Waals surface area contributed by atoms with Crippen molar-refractivity contribution >= 4 is 15.8 Å². The summed E-state index contributed by atoms with van der Waals surface area (Å²) in [6, 6.07) is 12.6. The second-order valence-electron chi connectivity index (χ2n) is 6.37. The Morgan fingerprint density at radius 1 is 0.929 bits per heavy atom. The highest BCUT2D eigenvalue weighted by Gasteiger charge is 2.29. The molecule has 9 heteroatoms. The van der Waals surface area contributed by atoms with Crippen LogP contribution in [0.2, 0.25) is 0 Å². The van der Waals surface area contributed by atoms with Gasteiger partial charge in [-0.1, -0.05) is 6.07 Å². The lowest BCUT2D eigenvalue weighted by Gasteiger charge is -2.34. The lowest BCUT2D eigenvalue weighted by molar-refractivity contribution is 0.383. The minimum absolute atomic E-state index is 0.0263. The molecule has 0 N–H and O–H groups in total. The Hall–Kier alpha value is -2.91. The quantitative estimate of drug-likeness (QED) is 0.669. The van der Waals surface area contributed by atoms with Crippen LogP contribution in [0.1, 0.15) is 0 Å². The maximum Gasteiger partial charge on any atom is 0.243 e. The van der Waals surface area contributed by atoms with Crippen molar-refractivity contribution in [2.24, 2.45) is 0 Å². The van der Waals surface area contributed by atoms with Gasteiger partial charge in [0.1, 0.15) is 5.82 Å². The first kappa shape index (κ1) is 18.5. The minimum Gasteiger partial charge on any atom is -0.352 e. The van der Waals surface area contributed by atoms with Crippen LogP contribution in [-0.2, 0) is 10.0 Å². The maximum atomic E-state index is 13.4. The molecule has 0 bridgehead atoms. The summed E-state index contributed by atoms with van der Waals surface area (Å²) in [6.07, 6.45) is 3.42. The number of nitrogens with zero attached hydrogens (tertiary/aromatic N) is 5. The van der Waals surface area contributed by atoms with Gasteiger partial charge in [0.15, 0.2) is 5.82 Å². The second kappa shape index (κ2) is 7.61. The molecule has 1 aliphatic heterocycles.